The normalized spacial score (nSPS) is 13.2. The van der Waals surface area contributed by atoms with Crippen molar-refractivity contribution in [3.05, 3.63) is 321 Å². The van der Waals surface area contributed by atoms with Crippen LogP contribution in [-0.4, -0.2) is 60.5 Å². The third kappa shape index (κ3) is 22.8. The molecule has 11 aromatic carbocycles. The molecule has 133 heavy (non-hydrogen) atoms. The van der Waals surface area contributed by atoms with Crippen LogP contribution >= 0.6 is 26.2 Å². The largest absolute Gasteiger partial charge is 0.631 e. The first-order valence-corrected chi connectivity index (χ1v) is 38.9. The van der Waals surface area contributed by atoms with Crippen molar-refractivity contribution >= 4 is 50.6 Å². The van der Waals surface area contributed by atoms with E-state index in [9.17, 15) is 193 Å². The van der Waals surface area contributed by atoms with Gasteiger partial charge in [0, 0.05) is 60.1 Å². The smallest absolute Gasteiger partial charge is 0.402 e. The molecule has 54 heteroatoms. The maximum absolute atomic E-state index is 13.6. The van der Waals surface area contributed by atoms with Gasteiger partial charge in [-0.15, -0.1) is 0 Å². The summed E-state index contributed by atoms with van der Waals surface area (Å²) in [4.78, 5) is 0. The Bertz CT molecular complexity index is 5510. The molecule has 0 radical (unpaired) electrons. The van der Waals surface area contributed by atoms with E-state index in [0.29, 0.717) is 88.3 Å². The van der Waals surface area contributed by atoms with Gasteiger partial charge in [-0.2, -0.15) is 0 Å². The van der Waals surface area contributed by atoms with Crippen LogP contribution in [0.4, 0.5) is 210 Å². The summed E-state index contributed by atoms with van der Waals surface area (Å²) in [7, 11) is -1.26. The van der Waals surface area contributed by atoms with Crippen LogP contribution < -0.4 is 14.0 Å². The Morgan fingerprint density at radius 1 is 0.188 bits per heavy atom. The second-order valence-corrected chi connectivity index (χ2v) is 30.6. The van der Waals surface area contributed by atoms with E-state index >= 15 is 0 Å². The van der Waals surface area contributed by atoms with Gasteiger partial charge in [0.25, 0.3) is 0 Å². The Morgan fingerprint density at radius 2 is 0.323 bits per heavy atom. The minimum Gasteiger partial charge on any atom is -0.402 e. The van der Waals surface area contributed by atoms with E-state index < -0.39 is 330 Å². The van der Waals surface area contributed by atoms with Crippen molar-refractivity contribution in [2.45, 2.75) is 47.0 Å². The van der Waals surface area contributed by atoms with Crippen molar-refractivity contribution in [1.82, 2.24) is 0 Å². The molecule has 11 aromatic rings. The van der Waals surface area contributed by atoms with Crippen molar-refractivity contribution in [1.29, 1.82) is 0 Å². The molecule has 718 valence electrons. The lowest BCUT2D eigenvalue weighted by atomic mass is 10.00. The second-order valence-electron chi connectivity index (χ2n) is 26.6. The van der Waals surface area contributed by atoms with E-state index in [1.807, 2.05) is 0 Å². The van der Waals surface area contributed by atoms with Crippen LogP contribution in [0.5, 0.6) is 0 Å². The summed E-state index contributed by atoms with van der Waals surface area (Å²) < 4.78 is 583. The van der Waals surface area contributed by atoms with E-state index in [1.54, 1.807) is 14.0 Å². The molecular formula is C79H43BF44N3O3P3. The highest BCUT2D eigenvalue weighted by Gasteiger charge is 2.37. The highest BCUT2D eigenvalue weighted by atomic mass is 31.1. The summed E-state index contributed by atoms with van der Waals surface area (Å²) >= 11 is 0. The number of hydrogen-bond acceptors (Lipinski definition) is 6. The van der Waals surface area contributed by atoms with Gasteiger partial charge in [0.05, 0.1) is 39.3 Å². The van der Waals surface area contributed by atoms with Crippen molar-refractivity contribution in [2.24, 2.45) is 0 Å². The maximum atomic E-state index is 13.6. The fraction of sp³-hybridized carbons (Fsp3) is 0.165. The first kappa shape index (κ1) is 109. The van der Waals surface area contributed by atoms with Gasteiger partial charge in [0.2, 0.25) is 23.3 Å². The van der Waals surface area contributed by atoms with Crippen molar-refractivity contribution < 1.29 is 208 Å². The summed E-state index contributed by atoms with van der Waals surface area (Å²) in [6, 6.07) is 3.94. The maximum Gasteiger partial charge on any atom is 0.631 e. The molecule has 0 aliphatic carbocycles. The van der Waals surface area contributed by atoms with Crippen LogP contribution in [0, 0.1) is 284 Å². The molecule has 3 atom stereocenters. The van der Waals surface area contributed by atoms with Crippen LogP contribution in [0.25, 0.3) is 44.5 Å². The van der Waals surface area contributed by atoms with Gasteiger partial charge in [-0.3, -0.25) is 0 Å². The zero-order chi connectivity index (χ0) is 101. The summed E-state index contributed by atoms with van der Waals surface area (Å²) in [6.45, 7) is 5.42. The summed E-state index contributed by atoms with van der Waals surface area (Å²) in [6.07, 6.45) is 5.20. The summed E-state index contributed by atoms with van der Waals surface area (Å²) in [5, 5.41) is 21.5. The molecule has 0 saturated carbocycles. The summed E-state index contributed by atoms with van der Waals surface area (Å²) in [5.74, 6) is -88.4. The molecule has 0 spiro atoms. The molecule has 14 rings (SSSR count). The zero-order valence-electron chi connectivity index (χ0n) is 65.3. The first-order chi connectivity index (χ1) is 61.8. The van der Waals surface area contributed by atoms with Gasteiger partial charge < -0.3 is 29.1 Å². The highest BCUT2D eigenvalue weighted by Crippen LogP contribution is 2.45. The molecule has 3 fully saturated rings. The summed E-state index contributed by atoms with van der Waals surface area (Å²) in [5.41, 5.74) is -14.5. The molecule has 3 aliphatic heterocycles. The van der Waals surface area contributed by atoms with E-state index in [-0.39, 0.29) is 17.1 Å². The third-order valence-corrected chi connectivity index (χ3v) is 22.2. The van der Waals surface area contributed by atoms with Crippen LogP contribution in [0.1, 0.15) is 41.5 Å². The molecule has 0 bridgehead atoms. The van der Waals surface area contributed by atoms with Gasteiger partial charge in [0.1, 0.15) is 0 Å². The van der Waals surface area contributed by atoms with Crippen molar-refractivity contribution in [3.63, 3.8) is 0 Å². The van der Waals surface area contributed by atoms with E-state index in [4.69, 9.17) is 15.1 Å². The number of aryl methyl sites for hydroxylation is 4. The van der Waals surface area contributed by atoms with Gasteiger partial charge in [0.15, 0.2) is 233 Å². The molecule has 6 nitrogen and oxygen atoms in total. The molecule has 3 unspecified atom stereocenters. The minimum absolute atomic E-state index is 0.178. The fourth-order valence-corrected chi connectivity index (χ4v) is 15.2. The first-order valence-electron chi connectivity index (χ1n) is 35.5. The monoisotopic (exact) mass is 2020 g/mol. The predicted molar refractivity (Wildman–Crippen MR) is 392 cm³/mol. The lowest BCUT2D eigenvalue weighted by Gasteiger charge is -2.18. The Balaban J connectivity index is 0.000000211. The molecule has 0 amide bonds. The number of hydrogen-bond donors (Lipinski definition) is 3. The average Bonchev–Trinajstić information content (AvgIpc) is 0.832. The SMILES string of the molecule is Cc1cc(-c2c(F)c(F)c(F)c(F)c2F)c(F)c(F)c1F.Cc1cc(-c2c(F)c(F)c(F)c(F)c2F)c(F)c(F)c1F.Cc1cc(-c2c(F)c(F)c(F)c(F)c2F)c(F)c(F)c1F.Cc1cc(-c2c(F)c(F)c(F)c(F)c2F)c(F)c(F)c1F.Fc1cc(N2CCCP2)c(F)c(F)c1F.Fc1cc(N2CCCP2)c(F)c(F)c1F.Fc1cc(N2CCCP2)c(F)c(F)c1F.OB(O)O. The molecule has 0 aromatic heterocycles. The Hall–Kier alpha value is -11.0. The van der Waals surface area contributed by atoms with E-state index in [0.717, 1.165) is 65.4 Å². The molecule has 3 N–H and O–H groups in total. The van der Waals surface area contributed by atoms with Crippen LogP contribution in [0.15, 0.2) is 42.5 Å². The predicted octanol–water partition coefficient (Wildman–Crippen LogP) is 26.2. The number of benzene rings is 11. The Kier molecular flexibility index (Phi) is 36.8. The third-order valence-electron chi connectivity index (χ3n) is 17.9. The lowest BCUT2D eigenvalue weighted by Crippen LogP contribution is -2.12. The van der Waals surface area contributed by atoms with E-state index in [1.165, 1.54) is 0 Å². The van der Waals surface area contributed by atoms with Crippen molar-refractivity contribution in [2.75, 3.05) is 52.1 Å². The van der Waals surface area contributed by atoms with Crippen LogP contribution in [0.2, 0.25) is 0 Å². The van der Waals surface area contributed by atoms with Gasteiger partial charge in [-0.25, -0.2) is 193 Å². The zero-order valence-corrected chi connectivity index (χ0v) is 68.3. The Labute approximate surface area is 721 Å². The fourth-order valence-electron chi connectivity index (χ4n) is 11.5. The lowest BCUT2D eigenvalue weighted by molar-refractivity contribution is 0.278. The average molecular weight is 2020 g/mol. The number of nitrogens with zero attached hydrogens (tertiary/aromatic N) is 3. The minimum atomic E-state index is -2.44. The van der Waals surface area contributed by atoms with Gasteiger partial charge >= 0.3 is 7.32 Å². The molecule has 3 heterocycles. The van der Waals surface area contributed by atoms with Crippen LogP contribution in [0.3, 0.4) is 0 Å². The van der Waals surface area contributed by atoms with Crippen LogP contribution in [-0.2, 0) is 0 Å². The molecular weight excluding hydrogens is 1980 g/mol. The topological polar surface area (TPSA) is 70.4 Å². The van der Waals surface area contributed by atoms with Gasteiger partial charge in [-0.05, 0) is 138 Å². The van der Waals surface area contributed by atoms with Gasteiger partial charge in [-0.1, -0.05) is 0 Å². The molecule has 3 saturated heterocycles. The standard InChI is InChI=1S/4C13H4F8.3C9H8F4NP.BH3O3/c4*1-3-2-4(7(15)10(18)6(3)14)5-8(16)11(19)13(21)12(20)9(5)17;3*10-5-4-6(14-2-1-3-15-14)8(12)9(13)7(5)11;2-1(3)4/h4*2H,1H3;3*4,15H,1-3H2;2-4H. The van der Waals surface area contributed by atoms with Crippen molar-refractivity contribution in [3.8, 4) is 44.5 Å². The second kappa shape index (κ2) is 44.9. The number of halogens is 44. The highest BCUT2D eigenvalue weighted by molar-refractivity contribution is 7.41. The molecule has 3 aliphatic rings. The number of rotatable bonds is 7. The van der Waals surface area contributed by atoms with E-state index in [2.05, 4.69) is 0 Å². The quantitative estimate of drug-likeness (QED) is 0.0486. The Morgan fingerprint density at radius 3 is 0.466 bits per heavy atom. The number of anilines is 3.